The molecule has 0 atom stereocenters. The van der Waals surface area contributed by atoms with Crippen LogP contribution in [0.5, 0.6) is 5.75 Å². The normalized spacial score (nSPS) is 12.9. The quantitative estimate of drug-likeness (QED) is 0.500. The smallest absolute Gasteiger partial charge is 0.273 e. The Kier molecular flexibility index (Phi) is 6.50. The van der Waals surface area contributed by atoms with Crippen molar-refractivity contribution in [3.8, 4) is 23.8 Å². The van der Waals surface area contributed by atoms with Crippen LogP contribution in [0, 0.1) is 19.3 Å². The van der Waals surface area contributed by atoms with Gasteiger partial charge in [0.05, 0.1) is 12.3 Å². The highest BCUT2D eigenvalue weighted by Gasteiger charge is 2.27. The van der Waals surface area contributed by atoms with Crippen LogP contribution < -0.4 is 15.4 Å². The van der Waals surface area contributed by atoms with Gasteiger partial charge < -0.3 is 15.4 Å². The maximum Gasteiger partial charge on any atom is 0.273 e. The second-order valence-electron chi connectivity index (χ2n) is 6.88. The minimum Gasteiger partial charge on any atom is -0.491 e. The van der Waals surface area contributed by atoms with E-state index in [1.54, 1.807) is 29.8 Å². The van der Waals surface area contributed by atoms with Gasteiger partial charge in [-0.3, -0.25) is 9.59 Å². The van der Waals surface area contributed by atoms with Crippen molar-refractivity contribution >= 4 is 11.8 Å². The van der Waals surface area contributed by atoms with Crippen molar-refractivity contribution in [1.82, 2.24) is 25.6 Å². The molecule has 2 amide bonds. The second-order valence-corrected chi connectivity index (χ2v) is 6.88. The average Bonchev–Trinajstić information content (AvgIpc) is 3.44. The van der Waals surface area contributed by atoms with Crippen molar-refractivity contribution < 1.29 is 14.3 Å². The van der Waals surface area contributed by atoms with Gasteiger partial charge in [-0.2, -0.15) is 0 Å². The zero-order chi connectivity index (χ0) is 20.8. The molecule has 3 rings (SSSR count). The summed E-state index contributed by atoms with van der Waals surface area (Å²) >= 11 is 0. The SMILES string of the molecule is C#CCCCOc1cc(C(=O)NCC)ccc1-n1nnc(C(=O)NC2CC2)c1C. The van der Waals surface area contributed by atoms with E-state index in [1.165, 1.54) is 0 Å². The van der Waals surface area contributed by atoms with E-state index < -0.39 is 0 Å². The molecule has 0 bridgehead atoms. The zero-order valence-electron chi connectivity index (χ0n) is 16.7. The molecular formula is C21H25N5O3. The number of hydrogen-bond donors (Lipinski definition) is 2. The Labute approximate surface area is 170 Å². The molecule has 1 aromatic heterocycles. The van der Waals surface area contributed by atoms with Crippen molar-refractivity contribution in [2.75, 3.05) is 13.2 Å². The van der Waals surface area contributed by atoms with Crippen LogP contribution in [-0.4, -0.2) is 46.0 Å². The van der Waals surface area contributed by atoms with Crippen LogP contribution in [0.4, 0.5) is 0 Å². The van der Waals surface area contributed by atoms with Crippen molar-refractivity contribution in [2.45, 2.75) is 45.6 Å². The number of nitrogens with zero attached hydrogens (tertiary/aromatic N) is 3. The Morgan fingerprint density at radius 2 is 2.14 bits per heavy atom. The molecule has 8 heteroatoms. The standard InChI is InChI=1S/C21H25N5O3/c1-4-6-7-12-29-18-13-15(20(27)22-5-2)8-11-17(18)26-14(3)19(24-25-26)21(28)23-16-9-10-16/h1,8,11,13,16H,5-7,9-10,12H2,2-3H3,(H,22,27)(H,23,28). The van der Waals surface area contributed by atoms with Crippen molar-refractivity contribution in [3.05, 3.63) is 35.2 Å². The van der Waals surface area contributed by atoms with Crippen LogP contribution in [0.3, 0.4) is 0 Å². The Hall–Kier alpha value is -3.34. The van der Waals surface area contributed by atoms with Gasteiger partial charge in [-0.25, -0.2) is 4.68 Å². The lowest BCUT2D eigenvalue weighted by molar-refractivity contribution is 0.0940. The first-order chi connectivity index (χ1) is 14.0. The molecule has 0 saturated heterocycles. The van der Waals surface area contributed by atoms with Gasteiger partial charge in [0, 0.05) is 24.6 Å². The number of hydrogen-bond acceptors (Lipinski definition) is 5. The molecule has 1 aromatic carbocycles. The number of rotatable bonds is 9. The second kappa shape index (κ2) is 9.24. The highest BCUT2D eigenvalue weighted by Crippen LogP contribution is 2.27. The Balaban J connectivity index is 1.90. The summed E-state index contributed by atoms with van der Waals surface area (Å²) in [5.41, 5.74) is 1.96. The summed E-state index contributed by atoms with van der Waals surface area (Å²) in [7, 11) is 0. The van der Waals surface area contributed by atoms with Crippen molar-refractivity contribution in [2.24, 2.45) is 0 Å². The number of aromatic nitrogens is 3. The molecule has 1 fully saturated rings. The number of amides is 2. The third kappa shape index (κ3) is 4.93. The zero-order valence-corrected chi connectivity index (χ0v) is 16.7. The summed E-state index contributed by atoms with van der Waals surface area (Å²) in [6.45, 7) is 4.57. The van der Waals surface area contributed by atoms with E-state index in [0.717, 1.165) is 12.8 Å². The molecule has 0 aliphatic heterocycles. The van der Waals surface area contributed by atoms with Crippen molar-refractivity contribution in [1.29, 1.82) is 0 Å². The first-order valence-electron chi connectivity index (χ1n) is 9.77. The van der Waals surface area contributed by atoms with Gasteiger partial charge in [0.1, 0.15) is 11.4 Å². The molecule has 8 nitrogen and oxygen atoms in total. The van der Waals surface area contributed by atoms with Crippen molar-refractivity contribution in [3.63, 3.8) is 0 Å². The number of carbonyl (C=O) groups excluding carboxylic acids is 2. The lowest BCUT2D eigenvalue weighted by atomic mass is 10.1. The predicted molar refractivity (Wildman–Crippen MR) is 108 cm³/mol. The van der Waals surface area contributed by atoms with Crippen LogP contribution in [-0.2, 0) is 0 Å². The van der Waals surface area contributed by atoms with E-state index in [0.29, 0.717) is 48.7 Å². The van der Waals surface area contributed by atoms with Gasteiger partial charge >= 0.3 is 0 Å². The molecule has 2 N–H and O–H groups in total. The number of benzene rings is 1. The predicted octanol–water partition coefficient (Wildman–Crippen LogP) is 2.01. The Bertz CT molecular complexity index is 940. The van der Waals surface area contributed by atoms with Gasteiger partial charge in [0.15, 0.2) is 5.69 Å². The van der Waals surface area contributed by atoms with Crippen LogP contribution in [0.2, 0.25) is 0 Å². The van der Waals surface area contributed by atoms with Gasteiger partial charge in [0.25, 0.3) is 11.8 Å². The van der Waals surface area contributed by atoms with E-state index in [-0.39, 0.29) is 23.6 Å². The van der Waals surface area contributed by atoms with E-state index in [4.69, 9.17) is 11.2 Å². The van der Waals surface area contributed by atoms with Gasteiger partial charge in [-0.15, -0.1) is 17.4 Å². The monoisotopic (exact) mass is 395 g/mol. The van der Waals surface area contributed by atoms with Crippen LogP contribution in [0.1, 0.15) is 59.1 Å². The van der Waals surface area contributed by atoms with Gasteiger partial charge in [-0.1, -0.05) is 5.21 Å². The van der Waals surface area contributed by atoms with E-state index in [1.807, 2.05) is 6.92 Å². The van der Waals surface area contributed by atoms with E-state index in [9.17, 15) is 9.59 Å². The average molecular weight is 395 g/mol. The maximum absolute atomic E-state index is 12.4. The molecule has 1 saturated carbocycles. The largest absolute Gasteiger partial charge is 0.491 e. The summed E-state index contributed by atoms with van der Waals surface area (Å²) in [6.07, 6.45) is 8.57. The molecule has 2 aromatic rings. The first-order valence-corrected chi connectivity index (χ1v) is 9.77. The number of terminal acetylenes is 1. The fraction of sp³-hybridized carbons (Fsp3) is 0.429. The molecular weight excluding hydrogens is 370 g/mol. The summed E-state index contributed by atoms with van der Waals surface area (Å²) in [6, 6.07) is 5.34. The van der Waals surface area contributed by atoms with Gasteiger partial charge in [0.2, 0.25) is 0 Å². The fourth-order valence-corrected chi connectivity index (χ4v) is 2.81. The summed E-state index contributed by atoms with van der Waals surface area (Å²) in [4.78, 5) is 24.6. The lowest BCUT2D eigenvalue weighted by Crippen LogP contribution is -2.26. The molecule has 0 spiro atoms. The Morgan fingerprint density at radius 3 is 2.83 bits per heavy atom. The fourth-order valence-electron chi connectivity index (χ4n) is 2.81. The summed E-state index contributed by atoms with van der Waals surface area (Å²) in [5.74, 6) is 2.64. The molecule has 1 aliphatic rings. The highest BCUT2D eigenvalue weighted by atomic mass is 16.5. The molecule has 1 heterocycles. The molecule has 1 aliphatic carbocycles. The van der Waals surface area contributed by atoms with Crippen LogP contribution >= 0.6 is 0 Å². The van der Waals surface area contributed by atoms with E-state index >= 15 is 0 Å². The van der Waals surface area contributed by atoms with Crippen LogP contribution in [0.15, 0.2) is 18.2 Å². The number of unbranched alkanes of at least 4 members (excludes halogenated alkanes) is 1. The molecule has 0 radical (unpaired) electrons. The Morgan fingerprint density at radius 1 is 1.34 bits per heavy atom. The minimum absolute atomic E-state index is 0.188. The summed E-state index contributed by atoms with van der Waals surface area (Å²) < 4.78 is 7.45. The van der Waals surface area contributed by atoms with Gasteiger partial charge in [-0.05, 0) is 51.3 Å². The molecule has 29 heavy (non-hydrogen) atoms. The third-order valence-corrected chi connectivity index (χ3v) is 4.53. The van der Waals surface area contributed by atoms with E-state index in [2.05, 4.69) is 26.9 Å². The lowest BCUT2D eigenvalue weighted by Gasteiger charge is -2.14. The number of carbonyl (C=O) groups is 2. The maximum atomic E-state index is 12.4. The summed E-state index contributed by atoms with van der Waals surface area (Å²) in [5, 5.41) is 13.9. The van der Waals surface area contributed by atoms with Crippen LogP contribution in [0.25, 0.3) is 5.69 Å². The molecule has 0 unspecified atom stereocenters. The topological polar surface area (TPSA) is 98.1 Å². The minimum atomic E-state index is -0.230. The third-order valence-electron chi connectivity index (χ3n) is 4.53. The highest BCUT2D eigenvalue weighted by molar-refractivity contribution is 5.95. The number of nitrogens with one attached hydrogen (secondary N) is 2. The molecule has 152 valence electrons. The number of ether oxygens (including phenoxy) is 1. The first kappa shape index (κ1) is 20.4.